The fraction of sp³-hybridized carbons (Fsp3) is 0.429. The number of piperidine rings is 1. The molecule has 0 radical (unpaired) electrons. The Morgan fingerprint density at radius 1 is 1.30 bits per heavy atom. The molecule has 1 fully saturated rings. The number of anilines is 1. The second-order valence-corrected chi connectivity index (χ2v) is 5.23. The molecule has 0 unspecified atom stereocenters. The highest BCUT2D eigenvalue weighted by atomic mass is 19.1. The Labute approximate surface area is 117 Å². The zero-order valence-electron chi connectivity index (χ0n) is 11.5. The van der Waals surface area contributed by atoms with Crippen molar-refractivity contribution in [1.82, 2.24) is 19.7 Å². The number of halogens is 1. The third kappa shape index (κ3) is 2.80. The van der Waals surface area contributed by atoms with E-state index in [1.807, 2.05) is 6.07 Å². The second kappa shape index (κ2) is 5.58. The predicted molar refractivity (Wildman–Crippen MR) is 75.5 cm³/mol. The van der Waals surface area contributed by atoms with Gasteiger partial charge in [-0.1, -0.05) is 0 Å². The Bertz CT molecular complexity index is 561. The van der Waals surface area contributed by atoms with Gasteiger partial charge in [0.15, 0.2) is 5.82 Å². The van der Waals surface area contributed by atoms with Gasteiger partial charge in [-0.05, 0) is 51.2 Å². The van der Waals surface area contributed by atoms with Crippen LogP contribution in [0.2, 0.25) is 0 Å². The zero-order valence-corrected chi connectivity index (χ0v) is 11.5. The first-order valence-electron chi connectivity index (χ1n) is 6.82. The smallest absolute Gasteiger partial charge is 0.150 e. The van der Waals surface area contributed by atoms with Crippen molar-refractivity contribution in [2.75, 3.05) is 25.5 Å². The maximum Gasteiger partial charge on any atom is 0.150 e. The standard InChI is InChI=1S/C14H18FN5/c1-19-6-4-11(5-7-19)18-12-2-3-14(13(15)8-12)20-10-16-9-17-20/h2-3,8-11,18H,4-7H2,1H3. The molecule has 106 valence electrons. The van der Waals surface area contributed by atoms with Crippen molar-refractivity contribution in [2.45, 2.75) is 18.9 Å². The van der Waals surface area contributed by atoms with Crippen LogP contribution in [0.15, 0.2) is 30.9 Å². The molecule has 0 aliphatic carbocycles. The number of nitrogens with zero attached hydrogens (tertiary/aromatic N) is 4. The van der Waals surface area contributed by atoms with Crippen LogP contribution in [0.3, 0.4) is 0 Å². The van der Waals surface area contributed by atoms with Gasteiger partial charge in [0.25, 0.3) is 0 Å². The second-order valence-electron chi connectivity index (χ2n) is 5.23. The molecule has 0 amide bonds. The van der Waals surface area contributed by atoms with Crippen LogP contribution in [-0.2, 0) is 0 Å². The summed E-state index contributed by atoms with van der Waals surface area (Å²) >= 11 is 0. The number of hydrogen-bond donors (Lipinski definition) is 1. The zero-order chi connectivity index (χ0) is 13.9. The van der Waals surface area contributed by atoms with Gasteiger partial charge in [0.1, 0.15) is 18.3 Å². The molecule has 1 aromatic heterocycles. The van der Waals surface area contributed by atoms with E-state index in [9.17, 15) is 4.39 Å². The van der Waals surface area contributed by atoms with Crippen molar-refractivity contribution in [3.8, 4) is 5.69 Å². The number of benzene rings is 1. The summed E-state index contributed by atoms with van der Waals surface area (Å²) < 4.78 is 15.5. The summed E-state index contributed by atoms with van der Waals surface area (Å²) in [6, 6.07) is 5.55. The van der Waals surface area contributed by atoms with Crippen LogP contribution in [0.1, 0.15) is 12.8 Å². The molecule has 1 aliphatic rings. The van der Waals surface area contributed by atoms with E-state index in [0.29, 0.717) is 11.7 Å². The quantitative estimate of drug-likeness (QED) is 0.929. The molecule has 20 heavy (non-hydrogen) atoms. The van der Waals surface area contributed by atoms with Crippen molar-refractivity contribution in [3.63, 3.8) is 0 Å². The van der Waals surface area contributed by atoms with Crippen molar-refractivity contribution in [1.29, 1.82) is 0 Å². The van der Waals surface area contributed by atoms with Crippen molar-refractivity contribution in [2.24, 2.45) is 0 Å². The van der Waals surface area contributed by atoms with Gasteiger partial charge in [-0.15, -0.1) is 0 Å². The van der Waals surface area contributed by atoms with Gasteiger partial charge in [-0.2, -0.15) is 5.10 Å². The van der Waals surface area contributed by atoms with Crippen LogP contribution in [0.25, 0.3) is 5.69 Å². The van der Waals surface area contributed by atoms with Crippen LogP contribution < -0.4 is 5.32 Å². The summed E-state index contributed by atoms with van der Waals surface area (Å²) in [5.41, 5.74) is 1.23. The maximum absolute atomic E-state index is 14.1. The van der Waals surface area contributed by atoms with E-state index in [4.69, 9.17) is 0 Å². The predicted octanol–water partition coefficient (Wildman–Crippen LogP) is 1.91. The lowest BCUT2D eigenvalue weighted by molar-refractivity contribution is 0.264. The number of likely N-dealkylation sites (tertiary alicyclic amines) is 1. The third-order valence-electron chi connectivity index (χ3n) is 3.70. The highest BCUT2D eigenvalue weighted by molar-refractivity contribution is 5.50. The van der Waals surface area contributed by atoms with Crippen molar-refractivity contribution >= 4 is 5.69 Å². The molecule has 3 rings (SSSR count). The molecule has 1 saturated heterocycles. The topological polar surface area (TPSA) is 46.0 Å². The van der Waals surface area contributed by atoms with E-state index in [0.717, 1.165) is 31.6 Å². The first-order valence-corrected chi connectivity index (χ1v) is 6.82. The third-order valence-corrected chi connectivity index (χ3v) is 3.70. The molecule has 1 aromatic carbocycles. The molecule has 1 aliphatic heterocycles. The summed E-state index contributed by atoms with van der Waals surface area (Å²) in [6.45, 7) is 2.16. The molecule has 0 spiro atoms. The van der Waals surface area contributed by atoms with E-state index in [1.165, 1.54) is 23.4 Å². The van der Waals surface area contributed by atoms with Gasteiger partial charge in [0, 0.05) is 11.7 Å². The summed E-state index contributed by atoms with van der Waals surface area (Å²) in [4.78, 5) is 6.14. The minimum atomic E-state index is -0.298. The van der Waals surface area contributed by atoms with E-state index in [-0.39, 0.29) is 5.82 Å². The van der Waals surface area contributed by atoms with E-state index < -0.39 is 0 Å². The van der Waals surface area contributed by atoms with Gasteiger partial charge in [-0.25, -0.2) is 14.1 Å². The Morgan fingerprint density at radius 2 is 2.10 bits per heavy atom. The highest BCUT2D eigenvalue weighted by Gasteiger charge is 2.16. The molecule has 0 saturated carbocycles. The molecule has 1 N–H and O–H groups in total. The fourth-order valence-electron chi connectivity index (χ4n) is 2.50. The average molecular weight is 275 g/mol. The van der Waals surface area contributed by atoms with Crippen LogP contribution in [0.4, 0.5) is 10.1 Å². The SMILES string of the molecule is CN1CCC(Nc2ccc(-n3cncn3)c(F)c2)CC1. The first-order chi connectivity index (χ1) is 9.72. The minimum Gasteiger partial charge on any atom is -0.382 e. The van der Waals surface area contributed by atoms with Gasteiger partial charge >= 0.3 is 0 Å². The number of nitrogens with one attached hydrogen (secondary N) is 1. The molecule has 0 bridgehead atoms. The molecular formula is C14H18FN5. The Kier molecular flexibility index (Phi) is 3.64. The molecule has 0 atom stereocenters. The molecule has 2 aromatic rings. The number of hydrogen-bond acceptors (Lipinski definition) is 4. The molecule has 5 nitrogen and oxygen atoms in total. The largest absolute Gasteiger partial charge is 0.382 e. The Morgan fingerprint density at radius 3 is 2.75 bits per heavy atom. The first kappa shape index (κ1) is 13.1. The minimum absolute atomic E-state index is 0.298. The normalized spacial score (nSPS) is 17.3. The van der Waals surface area contributed by atoms with E-state index in [1.54, 1.807) is 6.07 Å². The number of aromatic nitrogens is 3. The molecule has 2 heterocycles. The lowest BCUT2D eigenvalue weighted by atomic mass is 10.1. The van der Waals surface area contributed by atoms with Gasteiger partial charge in [0.05, 0.1) is 0 Å². The lowest BCUT2D eigenvalue weighted by Gasteiger charge is -2.30. The monoisotopic (exact) mass is 275 g/mol. The summed E-state index contributed by atoms with van der Waals surface area (Å²) in [5.74, 6) is -0.298. The Hall–Kier alpha value is -1.95. The average Bonchev–Trinajstić information content (AvgIpc) is 2.95. The molecular weight excluding hydrogens is 257 g/mol. The summed E-state index contributed by atoms with van der Waals surface area (Å²) in [7, 11) is 2.13. The summed E-state index contributed by atoms with van der Waals surface area (Å²) in [5, 5.41) is 7.34. The lowest BCUT2D eigenvalue weighted by Crippen LogP contribution is -2.36. The van der Waals surface area contributed by atoms with Gasteiger partial charge < -0.3 is 10.2 Å². The van der Waals surface area contributed by atoms with E-state index in [2.05, 4.69) is 27.3 Å². The fourth-order valence-corrected chi connectivity index (χ4v) is 2.50. The van der Waals surface area contributed by atoms with Crippen molar-refractivity contribution < 1.29 is 4.39 Å². The van der Waals surface area contributed by atoms with Crippen molar-refractivity contribution in [3.05, 3.63) is 36.7 Å². The highest BCUT2D eigenvalue weighted by Crippen LogP contribution is 2.20. The van der Waals surface area contributed by atoms with Gasteiger partial charge in [0.2, 0.25) is 0 Å². The van der Waals surface area contributed by atoms with Gasteiger partial charge in [-0.3, -0.25) is 0 Å². The Balaban J connectivity index is 1.71. The van der Waals surface area contributed by atoms with Crippen LogP contribution in [0.5, 0.6) is 0 Å². The molecule has 6 heteroatoms. The maximum atomic E-state index is 14.1. The summed E-state index contributed by atoms with van der Waals surface area (Å²) in [6.07, 6.45) is 5.05. The van der Waals surface area contributed by atoms with E-state index >= 15 is 0 Å². The number of rotatable bonds is 3. The van der Waals surface area contributed by atoms with Crippen LogP contribution >= 0.6 is 0 Å². The van der Waals surface area contributed by atoms with Crippen LogP contribution in [0, 0.1) is 5.82 Å². The van der Waals surface area contributed by atoms with Crippen LogP contribution in [-0.4, -0.2) is 45.8 Å².